The van der Waals surface area contributed by atoms with Gasteiger partial charge in [0, 0.05) is 36.7 Å². The number of fused-ring (bicyclic) bond motifs is 1. The Labute approximate surface area is 193 Å². The molecule has 0 radical (unpaired) electrons. The van der Waals surface area contributed by atoms with Crippen molar-refractivity contribution in [2.24, 2.45) is 5.73 Å². The van der Waals surface area contributed by atoms with Gasteiger partial charge in [-0.15, -0.1) is 0 Å². The van der Waals surface area contributed by atoms with Crippen molar-refractivity contribution in [3.05, 3.63) is 65.6 Å². The molecule has 4 rings (SSSR count). The highest BCUT2D eigenvalue weighted by molar-refractivity contribution is 5.96. The normalized spacial score (nSPS) is 17.2. The Bertz CT molecular complexity index is 1180. The molecule has 0 unspecified atom stereocenters. The van der Waals surface area contributed by atoms with Crippen LogP contribution in [0.2, 0.25) is 0 Å². The second-order valence-electron chi connectivity index (χ2n) is 8.24. The molecular formula is C24H24F4N4O2. The summed E-state index contributed by atoms with van der Waals surface area (Å²) in [5.41, 5.74) is 6.21. The zero-order valence-corrected chi connectivity index (χ0v) is 18.5. The number of piperazine rings is 1. The van der Waals surface area contributed by atoms with Gasteiger partial charge in [-0.25, -0.2) is 9.37 Å². The summed E-state index contributed by atoms with van der Waals surface area (Å²) in [4.78, 5) is 19.5. The van der Waals surface area contributed by atoms with Gasteiger partial charge >= 0.3 is 6.18 Å². The fourth-order valence-electron chi connectivity index (χ4n) is 4.38. The molecule has 0 saturated carbocycles. The Morgan fingerprint density at radius 2 is 1.85 bits per heavy atom. The summed E-state index contributed by atoms with van der Waals surface area (Å²) in [6, 6.07) is 11.8. The van der Waals surface area contributed by atoms with E-state index < -0.39 is 17.8 Å². The van der Waals surface area contributed by atoms with E-state index in [1.165, 1.54) is 25.3 Å². The van der Waals surface area contributed by atoms with Crippen LogP contribution in [0.1, 0.15) is 11.3 Å². The number of carbonyl (C=O) groups excluding carboxylic acids is 1. The Kier molecular flexibility index (Phi) is 6.60. The molecule has 2 N–H and O–H groups in total. The van der Waals surface area contributed by atoms with Crippen LogP contribution in [0, 0.1) is 5.82 Å². The largest absolute Gasteiger partial charge is 0.494 e. The van der Waals surface area contributed by atoms with Crippen LogP contribution in [0.3, 0.4) is 0 Å². The lowest BCUT2D eigenvalue weighted by Crippen LogP contribution is -2.56. The maximum atomic E-state index is 13.3. The average Bonchev–Trinajstić information content (AvgIpc) is 2.79. The number of rotatable bonds is 6. The number of primary amides is 1. The number of hydrogen-bond acceptors (Lipinski definition) is 5. The predicted octanol–water partition coefficient (Wildman–Crippen LogP) is 3.62. The molecule has 1 aromatic heterocycles. The number of nitrogens with two attached hydrogens (primary N) is 1. The summed E-state index contributed by atoms with van der Waals surface area (Å²) in [6.45, 7) is 1.64. The monoisotopic (exact) mass is 476 g/mol. The minimum absolute atomic E-state index is 0.0829. The third kappa shape index (κ3) is 5.06. The summed E-state index contributed by atoms with van der Waals surface area (Å²) in [5, 5.41) is 0.538. The van der Waals surface area contributed by atoms with Crippen LogP contribution < -0.4 is 15.4 Å². The molecule has 10 heteroatoms. The van der Waals surface area contributed by atoms with Crippen LogP contribution in [0.4, 0.5) is 23.2 Å². The van der Waals surface area contributed by atoms with E-state index in [1.54, 1.807) is 24.3 Å². The topological polar surface area (TPSA) is 71.7 Å². The Hall–Kier alpha value is -3.40. The molecule has 0 aliphatic carbocycles. The molecule has 0 spiro atoms. The first-order valence-electron chi connectivity index (χ1n) is 10.7. The van der Waals surface area contributed by atoms with E-state index in [9.17, 15) is 22.4 Å². The predicted molar refractivity (Wildman–Crippen MR) is 120 cm³/mol. The zero-order valence-electron chi connectivity index (χ0n) is 18.5. The molecule has 1 fully saturated rings. The highest BCUT2D eigenvalue weighted by Crippen LogP contribution is 2.37. The second kappa shape index (κ2) is 9.46. The van der Waals surface area contributed by atoms with E-state index >= 15 is 0 Å². The number of benzene rings is 2. The summed E-state index contributed by atoms with van der Waals surface area (Å²) in [5.74, 6) is -0.533. The van der Waals surface area contributed by atoms with Gasteiger partial charge in [0.2, 0.25) is 5.91 Å². The van der Waals surface area contributed by atoms with E-state index in [1.807, 2.05) is 4.90 Å². The van der Waals surface area contributed by atoms with Crippen molar-refractivity contribution in [1.82, 2.24) is 9.88 Å². The Morgan fingerprint density at radius 3 is 2.50 bits per heavy atom. The minimum atomic E-state index is -4.57. The summed E-state index contributed by atoms with van der Waals surface area (Å²) >= 11 is 0. The molecule has 2 aromatic carbocycles. The van der Waals surface area contributed by atoms with E-state index in [0.29, 0.717) is 31.4 Å². The summed E-state index contributed by atoms with van der Waals surface area (Å²) < 4.78 is 58.4. The van der Waals surface area contributed by atoms with Crippen LogP contribution in [0.25, 0.3) is 10.9 Å². The molecule has 180 valence electrons. The number of amides is 1. The second-order valence-corrected chi connectivity index (χ2v) is 8.24. The number of carbonyl (C=O) groups is 1. The fraction of sp³-hybridized carbons (Fsp3) is 0.333. The maximum absolute atomic E-state index is 13.3. The maximum Gasteiger partial charge on any atom is 0.433 e. The summed E-state index contributed by atoms with van der Waals surface area (Å²) in [6.07, 6.45) is -4.02. The lowest BCUT2D eigenvalue weighted by Gasteiger charge is -2.42. The number of hydrogen-bond donors (Lipinski definition) is 1. The quantitative estimate of drug-likeness (QED) is 0.551. The molecule has 1 aliphatic heterocycles. The molecule has 2 heterocycles. The van der Waals surface area contributed by atoms with Gasteiger partial charge in [0.05, 0.1) is 13.7 Å². The van der Waals surface area contributed by atoms with Gasteiger partial charge in [-0.3, -0.25) is 9.69 Å². The van der Waals surface area contributed by atoms with Crippen molar-refractivity contribution >= 4 is 22.5 Å². The number of ether oxygens (including phenoxy) is 1. The molecule has 0 bridgehead atoms. The third-order valence-electron chi connectivity index (χ3n) is 6.00. The van der Waals surface area contributed by atoms with Crippen LogP contribution >= 0.6 is 0 Å². The zero-order chi connectivity index (χ0) is 24.5. The number of aromatic nitrogens is 1. The first kappa shape index (κ1) is 23.7. The van der Waals surface area contributed by atoms with Gasteiger partial charge < -0.3 is 15.4 Å². The van der Waals surface area contributed by atoms with Crippen molar-refractivity contribution in [2.45, 2.75) is 18.6 Å². The van der Waals surface area contributed by atoms with E-state index in [2.05, 4.69) is 9.88 Å². The van der Waals surface area contributed by atoms with Crippen molar-refractivity contribution in [1.29, 1.82) is 0 Å². The Morgan fingerprint density at radius 1 is 1.12 bits per heavy atom. The highest BCUT2D eigenvalue weighted by atomic mass is 19.4. The summed E-state index contributed by atoms with van der Waals surface area (Å²) in [7, 11) is 1.39. The Balaban J connectivity index is 1.68. The van der Waals surface area contributed by atoms with Crippen molar-refractivity contribution in [3.8, 4) is 5.75 Å². The average molecular weight is 476 g/mol. The van der Waals surface area contributed by atoms with Crippen molar-refractivity contribution < 1.29 is 27.1 Å². The minimum Gasteiger partial charge on any atom is -0.494 e. The van der Waals surface area contributed by atoms with E-state index in [4.69, 9.17) is 10.5 Å². The molecule has 1 amide bonds. The third-order valence-corrected chi connectivity index (χ3v) is 6.00. The van der Waals surface area contributed by atoms with E-state index in [-0.39, 0.29) is 29.7 Å². The van der Waals surface area contributed by atoms with Gasteiger partial charge in [0.1, 0.15) is 22.8 Å². The standard InChI is InChI=1S/C24H24F4N4O2/c1-34-20-8-7-19(18-6-9-21(24(26,27)28)30-23(18)20)32-11-10-31(14-22(29)33)17(13-32)12-15-2-4-16(25)5-3-15/h2-9,17H,10-14H2,1H3,(H2,29,33)/t17-/m0/s1. The van der Waals surface area contributed by atoms with Crippen molar-refractivity contribution in [3.63, 3.8) is 0 Å². The fourth-order valence-corrected chi connectivity index (χ4v) is 4.38. The number of alkyl halides is 3. The smallest absolute Gasteiger partial charge is 0.433 e. The molecule has 1 atom stereocenters. The number of pyridine rings is 1. The number of nitrogens with zero attached hydrogens (tertiary/aromatic N) is 3. The molecule has 34 heavy (non-hydrogen) atoms. The first-order chi connectivity index (χ1) is 16.2. The molecule has 6 nitrogen and oxygen atoms in total. The van der Waals surface area contributed by atoms with Crippen molar-refractivity contribution in [2.75, 3.05) is 38.2 Å². The lowest BCUT2D eigenvalue weighted by atomic mass is 10.0. The number of halogens is 4. The van der Waals surface area contributed by atoms with Gasteiger partial charge in [-0.2, -0.15) is 13.2 Å². The lowest BCUT2D eigenvalue weighted by molar-refractivity contribution is -0.141. The highest BCUT2D eigenvalue weighted by Gasteiger charge is 2.34. The number of methoxy groups -OCH3 is 1. The van der Waals surface area contributed by atoms with Gasteiger partial charge in [-0.05, 0) is 48.4 Å². The molecular weight excluding hydrogens is 452 g/mol. The molecule has 3 aromatic rings. The molecule has 1 saturated heterocycles. The number of anilines is 1. The van der Waals surface area contributed by atoms with E-state index in [0.717, 1.165) is 17.3 Å². The van der Waals surface area contributed by atoms with Crippen LogP contribution in [0.5, 0.6) is 5.75 Å². The van der Waals surface area contributed by atoms with Gasteiger partial charge in [0.15, 0.2) is 0 Å². The van der Waals surface area contributed by atoms with Crippen LogP contribution in [0.15, 0.2) is 48.5 Å². The van der Waals surface area contributed by atoms with Gasteiger partial charge in [-0.1, -0.05) is 12.1 Å². The van der Waals surface area contributed by atoms with Crippen LogP contribution in [-0.2, 0) is 17.4 Å². The first-order valence-corrected chi connectivity index (χ1v) is 10.7. The van der Waals surface area contributed by atoms with Crippen LogP contribution in [-0.4, -0.2) is 55.1 Å². The SMILES string of the molecule is COc1ccc(N2CCN(CC(N)=O)[C@@H](Cc3ccc(F)cc3)C2)c2ccc(C(F)(F)F)nc12. The van der Waals surface area contributed by atoms with Gasteiger partial charge in [0.25, 0.3) is 0 Å². The molecule has 1 aliphatic rings.